The minimum Gasteiger partial charge on any atom is -0.496 e. The van der Waals surface area contributed by atoms with Gasteiger partial charge in [-0.15, -0.1) is 0 Å². The monoisotopic (exact) mass is 338 g/mol. The highest BCUT2D eigenvalue weighted by Crippen LogP contribution is 2.18. The molecule has 0 spiro atoms. The average molecular weight is 338 g/mol. The SMILES string of the molecule is CNC(=O)c1ccc(C=CC(=O)NCc2ccc(C)c(OC)c2)cc1. The standard InChI is InChI=1S/C20H22N2O3/c1-14-4-5-16(12-18(14)25-3)13-22-19(23)11-8-15-6-9-17(10-7-15)20(24)21-2/h4-12H,13H2,1-3H3,(H,21,24)(H,22,23). The van der Waals surface area contributed by atoms with Gasteiger partial charge in [0.15, 0.2) is 0 Å². The molecule has 0 radical (unpaired) electrons. The largest absolute Gasteiger partial charge is 0.496 e. The Kier molecular flexibility index (Phi) is 6.34. The Balaban J connectivity index is 1.91. The van der Waals surface area contributed by atoms with E-state index in [1.807, 2.05) is 25.1 Å². The molecule has 2 aromatic rings. The molecule has 2 rings (SSSR count). The number of rotatable bonds is 6. The van der Waals surface area contributed by atoms with Crippen LogP contribution in [0.1, 0.15) is 27.0 Å². The molecule has 0 aliphatic heterocycles. The molecule has 0 atom stereocenters. The highest BCUT2D eigenvalue weighted by Gasteiger charge is 2.03. The molecule has 0 aromatic heterocycles. The summed E-state index contributed by atoms with van der Waals surface area (Å²) < 4.78 is 5.28. The van der Waals surface area contributed by atoms with Gasteiger partial charge in [0.05, 0.1) is 7.11 Å². The summed E-state index contributed by atoms with van der Waals surface area (Å²) in [7, 11) is 3.22. The molecule has 0 fully saturated rings. The van der Waals surface area contributed by atoms with Crippen molar-refractivity contribution in [2.45, 2.75) is 13.5 Å². The van der Waals surface area contributed by atoms with E-state index >= 15 is 0 Å². The van der Waals surface area contributed by atoms with Crippen LogP contribution < -0.4 is 15.4 Å². The highest BCUT2D eigenvalue weighted by molar-refractivity contribution is 5.94. The third-order valence-corrected chi connectivity index (χ3v) is 3.77. The van der Waals surface area contributed by atoms with Gasteiger partial charge in [0.25, 0.3) is 5.91 Å². The molecular weight excluding hydrogens is 316 g/mol. The Bertz CT molecular complexity index is 780. The van der Waals surface area contributed by atoms with E-state index in [-0.39, 0.29) is 11.8 Å². The molecule has 0 heterocycles. The van der Waals surface area contributed by atoms with Gasteiger partial charge in [0, 0.05) is 25.2 Å². The highest BCUT2D eigenvalue weighted by atomic mass is 16.5. The van der Waals surface area contributed by atoms with Crippen molar-refractivity contribution >= 4 is 17.9 Å². The topological polar surface area (TPSA) is 67.4 Å². The predicted molar refractivity (Wildman–Crippen MR) is 98.4 cm³/mol. The van der Waals surface area contributed by atoms with Crippen LogP contribution in [0.5, 0.6) is 5.75 Å². The third-order valence-electron chi connectivity index (χ3n) is 3.77. The van der Waals surface area contributed by atoms with Crippen molar-refractivity contribution in [3.05, 3.63) is 70.8 Å². The van der Waals surface area contributed by atoms with Gasteiger partial charge in [-0.05, 0) is 47.9 Å². The Morgan fingerprint density at radius 2 is 1.84 bits per heavy atom. The van der Waals surface area contributed by atoms with Crippen molar-refractivity contribution in [2.75, 3.05) is 14.2 Å². The van der Waals surface area contributed by atoms with Crippen molar-refractivity contribution in [2.24, 2.45) is 0 Å². The number of hydrogen-bond donors (Lipinski definition) is 2. The Morgan fingerprint density at radius 1 is 1.12 bits per heavy atom. The van der Waals surface area contributed by atoms with E-state index in [1.54, 1.807) is 44.5 Å². The van der Waals surface area contributed by atoms with Crippen LogP contribution in [0.25, 0.3) is 6.08 Å². The van der Waals surface area contributed by atoms with Gasteiger partial charge in [-0.3, -0.25) is 9.59 Å². The Morgan fingerprint density at radius 3 is 2.48 bits per heavy atom. The van der Waals surface area contributed by atoms with E-state index in [2.05, 4.69) is 10.6 Å². The van der Waals surface area contributed by atoms with Crippen LogP contribution in [-0.2, 0) is 11.3 Å². The first-order valence-electron chi connectivity index (χ1n) is 7.95. The van der Waals surface area contributed by atoms with Crippen LogP contribution in [0, 0.1) is 6.92 Å². The maximum atomic E-state index is 11.9. The lowest BCUT2D eigenvalue weighted by molar-refractivity contribution is -0.116. The summed E-state index contributed by atoms with van der Waals surface area (Å²) in [6.45, 7) is 2.40. The summed E-state index contributed by atoms with van der Waals surface area (Å²) in [5.41, 5.74) is 3.45. The second kappa shape index (κ2) is 8.68. The van der Waals surface area contributed by atoms with Crippen LogP contribution in [0.4, 0.5) is 0 Å². The molecule has 0 saturated carbocycles. The first kappa shape index (κ1) is 18.3. The summed E-state index contributed by atoms with van der Waals surface area (Å²) >= 11 is 0. The Hall–Kier alpha value is -3.08. The lowest BCUT2D eigenvalue weighted by Gasteiger charge is -2.08. The lowest BCUT2D eigenvalue weighted by atomic mass is 10.1. The molecule has 0 aliphatic rings. The fourth-order valence-corrected chi connectivity index (χ4v) is 2.28. The van der Waals surface area contributed by atoms with E-state index in [4.69, 9.17) is 4.74 Å². The number of carbonyl (C=O) groups excluding carboxylic acids is 2. The molecule has 2 aromatic carbocycles. The van der Waals surface area contributed by atoms with Crippen molar-refractivity contribution in [1.82, 2.24) is 10.6 Å². The maximum absolute atomic E-state index is 11.9. The Labute approximate surface area is 147 Å². The maximum Gasteiger partial charge on any atom is 0.251 e. The second-order valence-corrected chi connectivity index (χ2v) is 5.56. The number of amides is 2. The molecular formula is C20H22N2O3. The molecule has 2 amide bonds. The summed E-state index contributed by atoms with van der Waals surface area (Å²) in [6.07, 6.45) is 3.18. The number of aryl methyl sites for hydroxylation is 1. The first-order valence-corrected chi connectivity index (χ1v) is 7.95. The lowest BCUT2D eigenvalue weighted by Crippen LogP contribution is -2.20. The van der Waals surface area contributed by atoms with Crippen molar-refractivity contribution in [3.63, 3.8) is 0 Å². The second-order valence-electron chi connectivity index (χ2n) is 5.56. The summed E-state index contributed by atoms with van der Waals surface area (Å²) in [6, 6.07) is 12.8. The van der Waals surface area contributed by atoms with Gasteiger partial charge in [0.2, 0.25) is 5.91 Å². The molecule has 0 bridgehead atoms. The van der Waals surface area contributed by atoms with E-state index in [0.717, 1.165) is 22.4 Å². The van der Waals surface area contributed by atoms with E-state index in [0.29, 0.717) is 12.1 Å². The number of methoxy groups -OCH3 is 1. The smallest absolute Gasteiger partial charge is 0.251 e. The third kappa shape index (κ3) is 5.21. The van der Waals surface area contributed by atoms with Crippen LogP contribution >= 0.6 is 0 Å². The van der Waals surface area contributed by atoms with Gasteiger partial charge in [-0.1, -0.05) is 24.3 Å². The predicted octanol–water partition coefficient (Wildman–Crippen LogP) is 2.69. The first-order chi connectivity index (χ1) is 12.0. The molecule has 0 saturated heterocycles. The fraction of sp³-hybridized carbons (Fsp3) is 0.200. The van der Waals surface area contributed by atoms with E-state index < -0.39 is 0 Å². The molecule has 5 nitrogen and oxygen atoms in total. The van der Waals surface area contributed by atoms with Gasteiger partial charge in [-0.25, -0.2) is 0 Å². The quantitative estimate of drug-likeness (QED) is 0.796. The number of ether oxygens (including phenoxy) is 1. The van der Waals surface area contributed by atoms with Crippen LogP contribution in [0.2, 0.25) is 0 Å². The number of hydrogen-bond acceptors (Lipinski definition) is 3. The number of carbonyl (C=O) groups is 2. The van der Waals surface area contributed by atoms with E-state index in [1.165, 1.54) is 6.08 Å². The van der Waals surface area contributed by atoms with Crippen molar-refractivity contribution in [3.8, 4) is 5.75 Å². The van der Waals surface area contributed by atoms with Crippen LogP contribution in [0.15, 0.2) is 48.5 Å². The molecule has 5 heteroatoms. The zero-order valence-electron chi connectivity index (χ0n) is 14.6. The van der Waals surface area contributed by atoms with Gasteiger partial charge in [-0.2, -0.15) is 0 Å². The van der Waals surface area contributed by atoms with E-state index in [9.17, 15) is 9.59 Å². The molecule has 0 unspecified atom stereocenters. The molecule has 2 N–H and O–H groups in total. The zero-order chi connectivity index (χ0) is 18.2. The van der Waals surface area contributed by atoms with Gasteiger partial charge < -0.3 is 15.4 Å². The number of nitrogens with one attached hydrogen (secondary N) is 2. The minimum atomic E-state index is -0.185. The van der Waals surface area contributed by atoms with Gasteiger partial charge in [0.1, 0.15) is 5.75 Å². The van der Waals surface area contributed by atoms with Crippen molar-refractivity contribution in [1.29, 1.82) is 0 Å². The van der Waals surface area contributed by atoms with Crippen LogP contribution in [0.3, 0.4) is 0 Å². The number of benzene rings is 2. The summed E-state index contributed by atoms with van der Waals surface area (Å²) in [5.74, 6) is 0.482. The summed E-state index contributed by atoms with van der Waals surface area (Å²) in [5, 5.41) is 5.40. The molecule has 25 heavy (non-hydrogen) atoms. The van der Waals surface area contributed by atoms with Crippen LogP contribution in [-0.4, -0.2) is 26.0 Å². The zero-order valence-corrected chi connectivity index (χ0v) is 14.6. The van der Waals surface area contributed by atoms with Crippen molar-refractivity contribution < 1.29 is 14.3 Å². The molecule has 0 aliphatic carbocycles. The fourth-order valence-electron chi connectivity index (χ4n) is 2.28. The average Bonchev–Trinajstić information content (AvgIpc) is 2.65. The summed E-state index contributed by atoms with van der Waals surface area (Å²) in [4.78, 5) is 23.4. The van der Waals surface area contributed by atoms with Gasteiger partial charge >= 0.3 is 0 Å². The normalized spacial score (nSPS) is 10.5. The molecule has 130 valence electrons. The minimum absolute atomic E-state index is 0.137.